The summed E-state index contributed by atoms with van der Waals surface area (Å²) in [4.78, 5) is 6.40. The smallest absolute Gasteiger partial charge is 0.138 e. The molecule has 0 saturated carbocycles. The SMILES string of the molecule is Cc1c(F)cc2c(c1F)c1c(n2CC(O)c2ccncc2)CCN2CCCC12. The summed E-state index contributed by atoms with van der Waals surface area (Å²) in [5.74, 6) is -1.00. The second-order valence-electron chi connectivity index (χ2n) is 7.90. The molecule has 1 saturated heterocycles. The molecular formula is C22H23F2N3O. The largest absolute Gasteiger partial charge is 0.387 e. The number of aromatic nitrogens is 2. The van der Waals surface area contributed by atoms with Crippen LogP contribution in [0.15, 0.2) is 30.6 Å². The van der Waals surface area contributed by atoms with Crippen LogP contribution >= 0.6 is 0 Å². The zero-order chi connectivity index (χ0) is 19.4. The molecule has 0 amide bonds. The number of fused-ring (bicyclic) bond motifs is 5. The lowest BCUT2D eigenvalue weighted by Crippen LogP contribution is -2.31. The monoisotopic (exact) mass is 383 g/mol. The number of nitrogens with zero attached hydrogens (tertiary/aromatic N) is 3. The number of hydrogen-bond acceptors (Lipinski definition) is 3. The van der Waals surface area contributed by atoms with Crippen LogP contribution in [0.2, 0.25) is 0 Å². The Hall–Kier alpha value is -2.31. The van der Waals surface area contributed by atoms with Crippen molar-refractivity contribution in [1.29, 1.82) is 0 Å². The minimum absolute atomic E-state index is 0.0669. The van der Waals surface area contributed by atoms with Crippen molar-refractivity contribution in [3.8, 4) is 0 Å². The maximum absolute atomic E-state index is 15.2. The molecule has 6 heteroatoms. The Bertz CT molecular complexity index is 1050. The maximum Gasteiger partial charge on any atom is 0.138 e. The van der Waals surface area contributed by atoms with Crippen LogP contribution in [0, 0.1) is 18.6 Å². The van der Waals surface area contributed by atoms with Crippen LogP contribution in [-0.2, 0) is 13.0 Å². The first-order chi connectivity index (χ1) is 13.6. The highest BCUT2D eigenvalue weighted by Gasteiger charge is 2.37. The predicted molar refractivity (Wildman–Crippen MR) is 103 cm³/mol. The van der Waals surface area contributed by atoms with Crippen LogP contribution in [0.25, 0.3) is 10.9 Å². The van der Waals surface area contributed by atoms with Gasteiger partial charge in [0.05, 0.1) is 18.2 Å². The van der Waals surface area contributed by atoms with E-state index in [1.54, 1.807) is 24.5 Å². The van der Waals surface area contributed by atoms with Gasteiger partial charge in [-0.2, -0.15) is 0 Å². The van der Waals surface area contributed by atoms with Crippen LogP contribution in [0.1, 0.15) is 47.4 Å². The summed E-state index contributed by atoms with van der Waals surface area (Å²) >= 11 is 0. The molecule has 0 aliphatic carbocycles. The number of aliphatic hydroxyl groups excluding tert-OH is 1. The quantitative estimate of drug-likeness (QED) is 0.742. The molecular weight excluding hydrogens is 360 g/mol. The Morgan fingerprint density at radius 2 is 2.04 bits per heavy atom. The van der Waals surface area contributed by atoms with E-state index in [2.05, 4.69) is 9.88 Å². The highest BCUT2D eigenvalue weighted by Crippen LogP contribution is 2.44. The van der Waals surface area contributed by atoms with E-state index in [4.69, 9.17) is 0 Å². The average Bonchev–Trinajstić information content (AvgIpc) is 3.30. The molecule has 3 aromatic rings. The minimum atomic E-state index is -0.767. The Morgan fingerprint density at radius 3 is 2.82 bits per heavy atom. The van der Waals surface area contributed by atoms with Crippen molar-refractivity contribution < 1.29 is 13.9 Å². The molecule has 0 bridgehead atoms. The maximum atomic E-state index is 15.2. The molecule has 1 aromatic carbocycles. The molecule has 2 aliphatic rings. The fraction of sp³-hybridized carbons (Fsp3) is 0.409. The summed E-state index contributed by atoms with van der Waals surface area (Å²) < 4.78 is 31.6. The van der Waals surface area contributed by atoms with Crippen molar-refractivity contribution in [2.75, 3.05) is 13.1 Å². The first kappa shape index (κ1) is 17.8. The normalized spacial score (nSPS) is 20.4. The molecule has 5 rings (SSSR count). The lowest BCUT2D eigenvalue weighted by Gasteiger charge is -2.31. The van der Waals surface area contributed by atoms with E-state index in [9.17, 15) is 9.50 Å². The number of rotatable bonds is 3. The number of hydrogen-bond donors (Lipinski definition) is 1. The summed E-state index contributed by atoms with van der Waals surface area (Å²) in [5.41, 5.74) is 3.40. The zero-order valence-corrected chi connectivity index (χ0v) is 15.8. The minimum Gasteiger partial charge on any atom is -0.387 e. The van der Waals surface area contributed by atoms with E-state index in [-0.39, 0.29) is 18.2 Å². The fourth-order valence-corrected chi connectivity index (χ4v) is 4.98. The lowest BCUT2D eigenvalue weighted by atomic mass is 9.95. The Balaban J connectivity index is 1.71. The van der Waals surface area contributed by atoms with Gasteiger partial charge in [0, 0.05) is 53.6 Å². The van der Waals surface area contributed by atoms with E-state index in [1.807, 2.05) is 4.57 Å². The average molecular weight is 383 g/mol. The molecule has 4 nitrogen and oxygen atoms in total. The van der Waals surface area contributed by atoms with Crippen LogP contribution in [0.4, 0.5) is 8.78 Å². The summed E-state index contributed by atoms with van der Waals surface area (Å²) in [5, 5.41) is 11.3. The highest BCUT2D eigenvalue weighted by molar-refractivity contribution is 5.88. The summed E-state index contributed by atoms with van der Waals surface area (Å²) in [6.45, 7) is 3.71. The van der Waals surface area contributed by atoms with Gasteiger partial charge < -0.3 is 9.67 Å². The van der Waals surface area contributed by atoms with Gasteiger partial charge >= 0.3 is 0 Å². The van der Waals surface area contributed by atoms with Gasteiger partial charge in [-0.15, -0.1) is 0 Å². The van der Waals surface area contributed by atoms with Crippen LogP contribution in [-0.4, -0.2) is 32.6 Å². The molecule has 28 heavy (non-hydrogen) atoms. The molecule has 2 aliphatic heterocycles. The molecule has 2 aromatic heterocycles. The Morgan fingerprint density at radius 1 is 1.25 bits per heavy atom. The standard InChI is InChI=1S/C22H23F2N3O/c1-13-15(23)11-18-21(22(13)24)20-16-3-2-9-26(16)10-6-17(20)27(18)12-19(28)14-4-7-25-8-5-14/h4-5,7-8,11,16,19,28H,2-3,6,9-10,12H2,1H3. The van der Waals surface area contributed by atoms with Gasteiger partial charge in [0.2, 0.25) is 0 Å². The second kappa shape index (κ2) is 6.64. The predicted octanol–water partition coefficient (Wildman–Crippen LogP) is 4.05. The second-order valence-corrected chi connectivity index (χ2v) is 7.90. The third-order valence-electron chi connectivity index (χ3n) is 6.40. The number of halogens is 2. The molecule has 1 fully saturated rings. The summed E-state index contributed by atoms with van der Waals surface area (Å²) in [6, 6.07) is 5.16. The van der Waals surface area contributed by atoms with Gasteiger partial charge in [-0.1, -0.05) is 0 Å². The molecule has 2 atom stereocenters. The molecule has 0 radical (unpaired) electrons. The van der Waals surface area contributed by atoms with E-state index in [1.165, 1.54) is 13.0 Å². The third kappa shape index (κ3) is 2.58. The van der Waals surface area contributed by atoms with Crippen LogP contribution in [0.3, 0.4) is 0 Å². The van der Waals surface area contributed by atoms with Crippen molar-refractivity contribution in [2.45, 2.75) is 44.9 Å². The van der Waals surface area contributed by atoms with Crippen molar-refractivity contribution >= 4 is 10.9 Å². The van der Waals surface area contributed by atoms with Gasteiger partial charge in [0.15, 0.2) is 0 Å². The molecule has 4 heterocycles. The molecule has 1 N–H and O–H groups in total. The van der Waals surface area contributed by atoms with Gasteiger partial charge in [-0.05, 0) is 50.1 Å². The molecule has 2 unspecified atom stereocenters. The first-order valence-corrected chi connectivity index (χ1v) is 9.88. The molecule has 146 valence electrons. The van der Waals surface area contributed by atoms with Crippen LogP contribution in [0.5, 0.6) is 0 Å². The topological polar surface area (TPSA) is 41.3 Å². The Labute approximate surface area is 162 Å². The first-order valence-electron chi connectivity index (χ1n) is 9.88. The summed E-state index contributed by atoms with van der Waals surface area (Å²) in [6.07, 6.45) is 5.38. The van der Waals surface area contributed by atoms with Gasteiger partial charge in [0.25, 0.3) is 0 Å². The number of benzene rings is 1. The van der Waals surface area contributed by atoms with Crippen molar-refractivity contribution in [1.82, 2.24) is 14.5 Å². The lowest BCUT2D eigenvalue weighted by molar-refractivity contribution is 0.155. The van der Waals surface area contributed by atoms with Crippen molar-refractivity contribution in [2.24, 2.45) is 0 Å². The Kier molecular flexibility index (Phi) is 4.21. The fourth-order valence-electron chi connectivity index (χ4n) is 4.98. The van der Waals surface area contributed by atoms with Crippen molar-refractivity contribution in [3.63, 3.8) is 0 Å². The molecule has 0 spiro atoms. The highest BCUT2D eigenvalue weighted by atomic mass is 19.1. The third-order valence-corrected chi connectivity index (χ3v) is 6.40. The van der Waals surface area contributed by atoms with E-state index < -0.39 is 17.7 Å². The van der Waals surface area contributed by atoms with Gasteiger partial charge in [-0.3, -0.25) is 9.88 Å². The number of pyridine rings is 1. The van der Waals surface area contributed by atoms with Crippen molar-refractivity contribution in [3.05, 3.63) is 64.6 Å². The summed E-state index contributed by atoms with van der Waals surface area (Å²) in [7, 11) is 0. The van der Waals surface area contributed by atoms with Crippen LogP contribution < -0.4 is 0 Å². The van der Waals surface area contributed by atoms with Gasteiger partial charge in [-0.25, -0.2) is 8.78 Å². The van der Waals surface area contributed by atoms with E-state index in [0.29, 0.717) is 10.9 Å². The van der Waals surface area contributed by atoms with E-state index in [0.717, 1.165) is 49.2 Å². The number of aliphatic hydroxyl groups is 1. The van der Waals surface area contributed by atoms with Gasteiger partial charge in [0.1, 0.15) is 11.6 Å². The van der Waals surface area contributed by atoms with E-state index >= 15 is 4.39 Å². The zero-order valence-electron chi connectivity index (χ0n) is 15.8.